The minimum atomic E-state index is -0.125. The van der Waals surface area contributed by atoms with E-state index < -0.39 is 0 Å². The van der Waals surface area contributed by atoms with Crippen LogP contribution in [0.25, 0.3) is 22.4 Å². The Labute approximate surface area is 103 Å². The molecule has 3 rings (SSSR count). The first-order chi connectivity index (χ1) is 8.66. The number of rotatable bonds is 1. The van der Waals surface area contributed by atoms with Crippen molar-refractivity contribution in [1.29, 1.82) is 0 Å². The number of imidazole rings is 1. The zero-order valence-electron chi connectivity index (χ0n) is 10.1. The molecule has 0 saturated carbocycles. The predicted octanol–water partition coefficient (Wildman–Crippen LogP) is 1.63. The van der Waals surface area contributed by atoms with Crippen molar-refractivity contribution in [2.24, 2.45) is 7.05 Å². The van der Waals surface area contributed by atoms with E-state index in [-0.39, 0.29) is 5.56 Å². The van der Waals surface area contributed by atoms with Crippen LogP contribution in [0.4, 0.5) is 0 Å². The quantitative estimate of drug-likeness (QED) is 0.703. The van der Waals surface area contributed by atoms with Crippen LogP contribution in [-0.2, 0) is 7.05 Å². The molecule has 0 saturated heterocycles. The van der Waals surface area contributed by atoms with Crippen LogP contribution in [0.2, 0.25) is 0 Å². The van der Waals surface area contributed by atoms with Crippen molar-refractivity contribution in [1.82, 2.24) is 19.5 Å². The summed E-state index contributed by atoms with van der Waals surface area (Å²) >= 11 is 0. The number of aryl methyl sites for hydroxylation is 2. The third-order valence-electron chi connectivity index (χ3n) is 3.00. The molecule has 18 heavy (non-hydrogen) atoms. The highest BCUT2D eigenvalue weighted by Gasteiger charge is 2.09. The molecular weight excluding hydrogens is 228 g/mol. The van der Waals surface area contributed by atoms with Crippen molar-refractivity contribution >= 4 is 10.9 Å². The summed E-state index contributed by atoms with van der Waals surface area (Å²) in [5.74, 6) is 0.543. The van der Waals surface area contributed by atoms with E-state index in [4.69, 9.17) is 0 Å². The molecule has 5 heteroatoms. The number of aromatic amines is 1. The summed E-state index contributed by atoms with van der Waals surface area (Å²) in [6.07, 6.45) is 3.36. The molecule has 0 atom stereocenters. The lowest BCUT2D eigenvalue weighted by Gasteiger charge is -2.05. The largest absolute Gasteiger partial charge is 0.331 e. The summed E-state index contributed by atoms with van der Waals surface area (Å²) in [4.78, 5) is 23.4. The maximum absolute atomic E-state index is 12.0. The van der Waals surface area contributed by atoms with E-state index in [1.54, 1.807) is 18.6 Å². The van der Waals surface area contributed by atoms with Crippen molar-refractivity contribution in [3.05, 3.63) is 46.6 Å². The molecule has 0 bridgehead atoms. The van der Waals surface area contributed by atoms with E-state index in [1.165, 1.54) is 0 Å². The van der Waals surface area contributed by atoms with Crippen molar-refractivity contribution in [2.45, 2.75) is 6.92 Å². The SMILES string of the molecule is Cc1cccc2c(=O)[nH]c(-c3cncn3C)nc12. The number of nitrogens with one attached hydrogen (secondary N) is 1. The van der Waals surface area contributed by atoms with Crippen LogP contribution in [0.3, 0.4) is 0 Å². The van der Waals surface area contributed by atoms with E-state index in [9.17, 15) is 4.79 Å². The second-order valence-electron chi connectivity index (χ2n) is 4.28. The summed E-state index contributed by atoms with van der Waals surface area (Å²) in [6.45, 7) is 1.95. The van der Waals surface area contributed by atoms with Crippen molar-refractivity contribution in [3.63, 3.8) is 0 Å². The molecule has 90 valence electrons. The smallest absolute Gasteiger partial charge is 0.259 e. The van der Waals surface area contributed by atoms with Crippen LogP contribution in [-0.4, -0.2) is 19.5 Å². The van der Waals surface area contributed by atoms with Crippen molar-refractivity contribution in [2.75, 3.05) is 0 Å². The van der Waals surface area contributed by atoms with Gasteiger partial charge >= 0.3 is 0 Å². The van der Waals surface area contributed by atoms with E-state index in [0.717, 1.165) is 16.8 Å². The van der Waals surface area contributed by atoms with Gasteiger partial charge in [0.2, 0.25) is 0 Å². The number of fused-ring (bicyclic) bond motifs is 1. The summed E-state index contributed by atoms with van der Waals surface area (Å²) in [6, 6.07) is 5.58. The van der Waals surface area contributed by atoms with Gasteiger partial charge in [0.15, 0.2) is 5.82 Å². The Hall–Kier alpha value is -2.43. The van der Waals surface area contributed by atoms with Gasteiger partial charge in [0.1, 0.15) is 5.69 Å². The molecule has 0 aliphatic heterocycles. The maximum Gasteiger partial charge on any atom is 0.259 e. The van der Waals surface area contributed by atoms with Crippen molar-refractivity contribution in [3.8, 4) is 11.5 Å². The van der Waals surface area contributed by atoms with Gasteiger partial charge in [-0.3, -0.25) is 4.79 Å². The first kappa shape index (κ1) is 10.7. The van der Waals surface area contributed by atoms with Crippen LogP contribution in [0.5, 0.6) is 0 Å². The molecule has 1 aromatic carbocycles. The molecule has 0 radical (unpaired) electrons. The molecule has 0 amide bonds. The Morgan fingerprint density at radius 1 is 1.33 bits per heavy atom. The van der Waals surface area contributed by atoms with Gasteiger partial charge in [-0.15, -0.1) is 0 Å². The predicted molar refractivity (Wildman–Crippen MR) is 69.3 cm³/mol. The lowest BCUT2D eigenvalue weighted by molar-refractivity contribution is 0.908. The molecule has 0 spiro atoms. The molecule has 2 aromatic heterocycles. The molecule has 0 aliphatic carbocycles. The minimum absolute atomic E-state index is 0.125. The zero-order chi connectivity index (χ0) is 12.7. The Kier molecular flexibility index (Phi) is 2.26. The second kappa shape index (κ2) is 3.80. The molecular formula is C13H12N4O. The average Bonchev–Trinajstić information content (AvgIpc) is 2.77. The maximum atomic E-state index is 12.0. The fourth-order valence-electron chi connectivity index (χ4n) is 2.01. The average molecular weight is 240 g/mol. The van der Waals surface area contributed by atoms with E-state index in [1.807, 2.05) is 30.7 Å². The normalized spacial score (nSPS) is 11.0. The van der Waals surface area contributed by atoms with Gasteiger partial charge in [-0.25, -0.2) is 9.97 Å². The monoisotopic (exact) mass is 240 g/mol. The van der Waals surface area contributed by atoms with Gasteiger partial charge in [0, 0.05) is 7.05 Å². The summed E-state index contributed by atoms with van der Waals surface area (Å²) in [7, 11) is 1.87. The number of hydrogen-bond acceptors (Lipinski definition) is 3. The topological polar surface area (TPSA) is 63.6 Å². The van der Waals surface area contributed by atoms with Crippen LogP contribution in [0.1, 0.15) is 5.56 Å². The lowest BCUT2D eigenvalue weighted by atomic mass is 10.1. The molecule has 3 aromatic rings. The Bertz CT molecular complexity index is 785. The molecule has 0 fully saturated rings. The number of nitrogens with zero attached hydrogens (tertiary/aromatic N) is 3. The number of benzene rings is 1. The van der Waals surface area contributed by atoms with E-state index >= 15 is 0 Å². The number of H-pyrrole nitrogens is 1. The molecule has 5 nitrogen and oxygen atoms in total. The highest BCUT2D eigenvalue weighted by Crippen LogP contribution is 2.17. The first-order valence-electron chi connectivity index (χ1n) is 5.63. The number of para-hydroxylation sites is 1. The standard InChI is InChI=1S/C13H12N4O/c1-8-4-3-5-9-11(8)15-12(16-13(9)18)10-6-14-7-17(10)2/h3-7H,1-2H3,(H,15,16,18). The summed E-state index contributed by atoms with van der Waals surface area (Å²) in [5, 5.41) is 0.612. The Morgan fingerprint density at radius 3 is 2.89 bits per heavy atom. The van der Waals surface area contributed by atoms with E-state index in [2.05, 4.69) is 15.0 Å². The fourth-order valence-corrected chi connectivity index (χ4v) is 2.01. The van der Waals surface area contributed by atoms with Crippen molar-refractivity contribution < 1.29 is 0 Å². The molecule has 1 N–H and O–H groups in total. The molecule has 0 unspecified atom stereocenters. The van der Waals surface area contributed by atoms with Crippen LogP contribution in [0, 0.1) is 6.92 Å². The Morgan fingerprint density at radius 2 is 2.17 bits per heavy atom. The van der Waals surface area contributed by atoms with Gasteiger partial charge < -0.3 is 9.55 Å². The zero-order valence-corrected chi connectivity index (χ0v) is 10.1. The number of aromatic nitrogens is 4. The summed E-state index contributed by atoms with van der Waals surface area (Å²) < 4.78 is 1.82. The first-order valence-corrected chi connectivity index (χ1v) is 5.63. The molecule has 0 aliphatic rings. The fraction of sp³-hybridized carbons (Fsp3) is 0.154. The third kappa shape index (κ3) is 1.52. The van der Waals surface area contributed by atoms with Gasteiger partial charge in [-0.05, 0) is 18.6 Å². The molecule has 2 heterocycles. The lowest BCUT2D eigenvalue weighted by Crippen LogP contribution is -2.11. The summed E-state index contributed by atoms with van der Waals surface area (Å²) in [5.41, 5.74) is 2.39. The van der Waals surface area contributed by atoms with Gasteiger partial charge in [0.05, 0.1) is 23.4 Å². The highest BCUT2D eigenvalue weighted by molar-refractivity contribution is 5.82. The van der Waals surface area contributed by atoms with Crippen LogP contribution < -0.4 is 5.56 Å². The number of hydrogen-bond donors (Lipinski definition) is 1. The third-order valence-corrected chi connectivity index (χ3v) is 3.00. The van der Waals surface area contributed by atoms with Crippen LogP contribution >= 0.6 is 0 Å². The van der Waals surface area contributed by atoms with E-state index in [0.29, 0.717) is 11.2 Å². The van der Waals surface area contributed by atoms with Gasteiger partial charge in [-0.1, -0.05) is 12.1 Å². The minimum Gasteiger partial charge on any atom is -0.331 e. The van der Waals surface area contributed by atoms with Crippen LogP contribution in [0.15, 0.2) is 35.5 Å². The highest BCUT2D eigenvalue weighted by atomic mass is 16.1. The second-order valence-corrected chi connectivity index (χ2v) is 4.28. The van der Waals surface area contributed by atoms with Gasteiger partial charge in [0.25, 0.3) is 5.56 Å². The van der Waals surface area contributed by atoms with Gasteiger partial charge in [-0.2, -0.15) is 0 Å². The Balaban J connectivity index is 2.37.